The molecule has 1 aliphatic rings. The van der Waals surface area contributed by atoms with Crippen molar-refractivity contribution in [3.63, 3.8) is 0 Å². The van der Waals surface area contributed by atoms with E-state index in [0.717, 1.165) is 27.9 Å². The number of fused-ring (bicyclic) bond motifs is 1. The summed E-state index contributed by atoms with van der Waals surface area (Å²) in [6.45, 7) is 1.21. The van der Waals surface area contributed by atoms with E-state index >= 15 is 0 Å². The minimum absolute atomic E-state index is 0.183. The van der Waals surface area contributed by atoms with E-state index in [1.807, 2.05) is 36.7 Å². The molecule has 37 heavy (non-hydrogen) atoms. The van der Waals surface area contributed by atoms with Gasteiger partial charge in [-0.2, -0.15) is 11.8 Å². The van der Waals surface area contributed by atoms with Crippen LogP contribution in [0.5, 0.6) is 0 Å². The zero-order valence-electron chi connectivity index (χ0n) is 21.0. The number of nitrogens with two attached hydrogens (primary N) is 1. The average Bonchev–Trinajstić information content (AvgIpc) is 3.67. The quantitative estimate of drug-likeness (QED) is 0.239. The van der Waals surface area contributed by atoms with Gasteiger partial charge in [0.1, 0.15) is 0 Å². The van der Waals surface area contributed by atoms with Crippen molar-refractivity contribution in [2.24, 2.45) is 17.6 Å². The predicted molar refractivity (Wildman–Crippen MR) is 145 cm³/mol. The van der Waals surface area contributed by atoms with Gasteiger partial charge in [0.15, 0.2) is 0 Å². The standard InChI is InChI=1S/C26H35N7O3S/c1-37-11-8-22(27)26(36)33-14-20(21(15-33)25(35)30-10-7-18-13-28-16-32-18)24(34)29-9-6-17-12-31-23-5-3-2-4-19(17)23/h2-5,12-13,16,20-22,31H,6-11,14-15,27H2,1H3,(H,28,32)(H,29,34)(H,30,35)/t20-,21-,22+/m1/s1. The number of hydrogen-bond donors (Lipinski definition) is 5. The first kappa shape index (κ1) is 26.7. The molecule has 2 aromatic heterocycles. The van der Waals surface area contributed by atoms with Crippen molar-refractivity contribution in [1.82, 2.24) is 30.5 Å². The fraction of sp³-hybridized carbons (Fsp3) is 0.462. The number of H-pyrrole nitrogens is 2. The van der Waals surface area contributed by atoms with Crippen LogP contribution in [-0.4, -0.2) is 81.8 Å². The Bertz CT molecular complexity index is 1200. The molecule has 3 amide bonds. The minimum Gasteiger partial charge on any atom is -0.361 e. The highest BCUT2D eigenvalue weighted by Crippen LogP contribution is 2.25. The lowest BCUT2D eigenvalue weighted by Gasteiger charge is -2.20. The number of aromatic nitrogens is 3. The molecule has 3 aromatic rings. The van der Waals surface area contributed by atoms with E-state index in [-0.39, 0.29) is 30.8 Å². The van der Waals surface area contributed by atoms with Crippen LogP contribution in [0.15, 0.2) is 43.0 Å². The smallest absolute Gasteiger partial charge is 0.239 e. The Kier molecular flexibility index (Phi) is 9.24. The first-order valence-electron chi connectivity index (χ1n) is 12.6. The SMILES string of the molecule is CSCC[C@H](N)C(=O)N1C[C@@H](C(=O)NCCc2cnc[nH]2)[C@H](C(=O)NCCc2c[nH]c3ccccc23)C1. The molecular formula is C26H35N7O3S. The number of rotatable bonds is 12. The van der Waals surface area contributed by atoms with Gasteiger partial charge in [0, 0.05) is 61.6 Å². The molecule has 1 aliphatic heterocycles. The Labute approximate surface area is 220 Å². The van der Waals surface area contributed by atoms with Gasteiger partial charge in [0.05, 0.1) is 24.2 Å². The first-order valence-corrected chi connectivity index (χ1v) is 14.0. The van der Waals surface area contributed by atoms with Crippen LogP contribution in [-0.2, 0) is 27.2 Å². The molecule has 3 heterocycles. The summed E-state index contributed by atoms with van der Waals surface area (Å²) in [4.78, 5) is 51.1. The Balaban J connectivity index is 1.37. The Hall–Kier alpha value is -3.31. The molecule has 4 rings (SSSR count). The number of nitrogens with zero attached hydrogens (tertiary/aromatic N) is 2. The number of benzene rings is 1. The van der Waals surface area contributed by atoms with Crippen molar-refractivity contribution < 1.29 is 14.4 Å². The number of carbonyl (C=O) groups is 3. The van der Waals surface area contributed by atoms with Gasteiger partial charge in [-0.1, -0.05) is 18.2 Å². The Morgan fingerprint density at radius 2 is 1.81 bits per heavy atom. The topological polar surface area (TPSA) is 149 Å². The van der Waals surface area contributed by atoms with Crippen LogP contribution >= 0.6 is 11.8 Å². The highest BCUT2D eigenvalue weighted by atomic mass is 32.2. The molecule has 1 saturated heterocycles. The summed E-state index contributed by atoms with van der Waals surface area (Å²) in [5, 5.41) is 7.05. The van der Waals surface area contributed by atoms with Crippen molar-refractivity contribution in [3.8, 4) is 0 Å². The maximum Gasteiger partial charge on any atom is 0.239 e. The number of amides is 3. The van der Waals surface area contributed by atoms with Crippen LogP contribution in [0.25, 0.3) is 10.9 Å². The summed E-state index contributed by atoms with van der Waals surface area (Å²) in [5.74, 6) is -1.15. The summed E-state index contributed by atoms with van der Waals surface area (Å²) in [6, 6.07) is 7.39. The molecule has 3 atom stereocenters. The summed E-state index contributed by atoms with van der Waals surface area (Å²) < 4.78 is 0. The van der Waals surface area contributed by atoms with Gasteiger partial charge in [-0.05, 0) is 36.5 Å². The van der Waals surface area contributed by atoms with Gasteiger partial charge in [-0.3, -0.25) is 14.4 Å². The van der Waals surface area contributed by atoms with E-state index in [4.69, 9.17) is 5.73 Å². The molecule has 0 saturated carbocycles. The fourth-order valence-electron chi connectivity index (χ4n) is 4.78. The van der Waals surface area contributed by atoms with Gasteiger partial charge < -0.3 is 31.2 Å². The molecule has 0 aliphatic carbocycles. The van der Waals surface area contributed by atoms with Crippen LogP contribution in [0.1, 0.15) is 17.7 Å². The van der Waals surface area contributed by atoms with Crippen molar-refractivity contribution >= 4 is 40.4 Å². The van der Waals surface area contributed by atoms with Crippen molar-refractivity contribution in [2.75, 3.05) is 38.2 Å². The molecular weight excluding hydrogens is 490 g/mol. The van der Waals surface area contributed by atoms with Crippen LogP contribution in [0.3, 0.4) is 0 Å². The van der Waals surface area contributed by atoms with Crippen molar-refractivity contribution in [2.45, 2.75) is 25.3 Å². The molecule has 10 nitrogen and oxygen atoms in total. The number of likely N-dealkylation sites (tertiary alicyclic amines) is 1. The number of para-hydroxylation sites is 1. The van der Waals surface area contributed by atoms with E-state index in [1.165, 1.54) is 0 Å². The summed E-state index contributed by atoms with van der Waals surface area (Å²) in [7, 11) is 0. The monoisotopic (exact) mass is 525 g/mol. The van der Waals surface area contributed by atoms with E-state index < -0.39 is 17.9 Å². The molecule has 0 unspecified atom stereocenters. The molecule has 6 N–H and O–H groups in total. The maximum atomic E-state index is 13.2. The number of carbonyl (C=O) groups excluding carboxylic acids is 3. The second-order valence-electron chi connectivity index (χ2n) is 9.36. The summed E-state index contributed by atoms with van der Waals surface area (Å²) >= 11 is 1.63. The van der Waals surface area contributed by atoms with E-state index in [0.29, 0.717) is 32.4 Å². The van der Waals surface area contributed by atoms with Gasteiger partial charge in [-0.15, -0.1) is 0 Å². The summed E-state index contributed by atoms with van der Waals surface area (Å²) in [5.41, 5.74) is 9.21. The minimum atomic E-state index is -0.639. The highest BCUT2D eigenvalue weighted by molar-refractivity contribution is 7.98. The number of nitrogens with one attached hydrogen (secondary N) is 4. The third-order valence-corrected chi connectivity index (χ3v) is 7.52. The van der Waals surface area contributed by atoms with Crippen LogP contribution in [0, 0.1) is 11.8 Å². The Morgan fingerprint density at radius 3 is 2.49 bits per heavy atom. The molecule has 0 radical (unpaired) electrons. The van der Waals surface area contributed by atoms with Gasteiger partial charge >= 0.3 is 0 Å². The average molecular weight is 526 g/mol. The third-order valence-electron chi connectivity index (χ3n) is 6.87. The molecule has 1 aromatic carbocycles. The van der Waals surface area contributed by atoms with Crippen molar-refractivity contribution in [3.05, 3.63) is 54.2 Å². The number of hydrogen-bond acceptors (Lipinski definition) is 6. The van der Waals surface area contributed by atoms with E-state index in [2.05, 4.69) is 25.6 Å². The molecule has 1 fully saturated rings. The lowest BCUT2D eigenvalue weighted by molar-refractivity contribution is -0.132. The predicted octanol–water partition coefficient (Wildman–Crippen LogP) is 1.06. The lowest BCUT2D eigenvalue weighted by Crippen LogP contribution is -2.44. The molecule has 0 bridgehead atoms. The number of aromatic amines is 2. The Morgan fingerprint density at radius 1 is 1.11 bits per heavy atom. The van der Waals surface area contributed by atoms with Gasteiger partial charge in [0.25, 0.3) is 0 Å². The fourth-order valence-corrected chi connectivity index (χ4v) is 5.27. The van der Waals surface area contributed by atoms with Gasteiger partial charge in [-0.25, -0.2) is 4.98 Å². The lowest BCUT2D eigenvalue weighted by atomic mass is 9.94. The zero-order valence-corrected chi connectivity index (χ0v) is 21.9. The van der Waals surface area contributed by atoms with E-state index in [9.17, 15) is 14.4 Å². The van der Waals surface area contributed by atoms with Gasteiger partial charge in [0.2, 0.25) is 17.7 Å². The van der Waals surface area contributed by atoms with E-state index in [1.54, 1.807) is 29.2 Å². The normalized spacial score (nSPS) is 18.2. The molecule has 198 valence electrons. The second-order valence-corrected chi connectivity index (χ2v) is 10.3. The molecule has 11 heteroatoms. The largest absolute Gasteiger partial charge is 0.361 e. The van der Waals surface area contributed by atoms with Crippen LogP contribution < -0.4 is 16.4 Å². The number of imidazole rings is 1. The zero-order chi connectivity index (χ0) is 26.2. The maximum absolute atomic E-state index is 13.2. The first-order chi connectivity index (χ1) is 18.0. The third kappa shape index (κ3) is 6.72. The van der Waals surface area contributed by atoms with Crippen LogP contribution in [0.2, 0.25) is 0 Å². The highest BCUT2D eigenvalue weighted by Gasteiger charge is 2.44. The van der Waals surface area contributed by atoms with Crippen LogP contribution in [0.4, 0.5) is 0 Å². The summed E-state index contributed by atoms with van der Waals surface area (Å²) in [6.07, 6.45) is 9.04. The van der Waals surface area contributed by atoms with Crippen molar-refractivity contribution in [1.29, 1.82) is 0 Å². The molecule has 0 spiro atoms. The second kappa shape index (κ2) is 12.8. The number of thioether (sulfide) groups is 1.